The van der Waals surface area contributed by atoms with Crippen molar-refractivity contribution in [1.82, 2.24) is 0 Å². The van der Waals surface area contributed by atoms with E-state index in [-0.39, 0.29) is 29.3 Å². The molecule has 0 bridgehead atoms. The van der Waals surface area contributed by atoms with E-state index in [2.05, 4.69) is 0 Å². The molecule has 0 aromatic heterocycles. The summed E-state index contributed by atoms with van der Waals surface area (Å²) in [5.74, 6) is -1.03. The summed E-state index contributed by atoms with van der Waals surface area (Å²) in [4.78, 5) is 24.4. The van der Waals surface area contributed by atoms with Crippen molar-refractivity contribution in [2.24, 2.45) is 5.41 Å². The molecule has 0 saturated heterocycles. The Balaban J connectivity index is 1.86. The van der Waals surface area contributed by atoms with Gasteiger partial charge in [-0.2, -0.15) is 0 Å². The Morgan fingerprint density at radius 2 is 1.61 bits per heavy atom. The van der Waals surface area contributed by atoms with E-state index in [1.807, 2.05) is 42.5 Å². The van der Waals surface area contributed by atoms with E-state index < -0.39 is 17.5 Å². The van der Waals surface area contributed by atoms with Gasteiger partial charge in [-0.15, -0.1) is 0 Å². The molecule has 0 fully saturated rings. The molecule has 3 rings (SSSR count). The highest BCUT2D eigenvalue weighted by Gasteiger charge is 2.29. The summed E-state index contributed by atoms with van der Waals surface area (Å²) in [5, 5.41) is 30.7. The highest BCUT2D eigenvalue weighted by molar-refractivity contribution is 5.97. The number of rotatable bonds is 9. The molecule has 3 N–H and O–H groups in total. The second kappa shape index (κ2) is 9.08. The van der Waals surface area contributed by atoms with Crippen LogP contribution in [0.5, 0.6) is 17.2 Å². The van der Waals surface area contributed by atoms with Gasteiger partial charge in [0.25, 0.3) is 0 Å². The molecule has 1 unspecified atom stereocenters. The van der Waals surface area contributed by atoms with Crippen molar-refractivity contribution >= 4 is 22.5 Å². The van der Waals surface area contributed by atoms with Crippen molar-refractivity contribution in [2.45, 2.75) is 39.2 Å². The molecule has 0 aliphatic rings. The molecule has 0 amide bonds. The van der Waals surface area contributed by atoms with Crippen LogP contribution in [0.15, 0.2) is 60.7 Å². The number of carboxylic acid groups (broad SMARTS) is 1. The minimum absolute atomic E-state index is 0.0260. The van der Waals surface area contributed by atoms with Crippen molar-refractivity contribution in [3.8, 4) is 17.2 Å². The van der Waals surface area contributed by atoms with Crippen LogP contribution in [0.3, 0.4) is 0 Å². The van der Waals surface area contributed by atoms with E-state index in [1.54, 1.807) is 13.8 Å². The monoisotopic (exact) mass is 422 g/mol. The van der Waals surface area contributed by atoms with Crippen LogP contribution in [0.2, 0.25) is 0 Å². The first-order valence-electron chi connectivity index (χ1n) is 10.1. The topological polar surface area (TPSA) is 104 Å². The van der Waals surface area contributed by atoms with Gasteiger partial charge in [0.15, 0.2) is 5.78 Å². The van der Waals surface area contributed by atoms with E-state index >= 15 is 0 Å². The van der Waals surface area contributed by atoms with Gasteiger partial charge < -0.3 is 20.1 Å². The molecule has 31 heavy (non-hydrogen) atoms. The Morgan fingerprint density at radius 1 is 0.968 bits per heavy atom. The normalized spacial score (nSPS) is 12.5. The predicted octanol–water partition coefficient (Wildman–Crippen LogP) is 5.16. The summed E-state index contributed by atoms with van der Waals surface area (Å²) in [6.07, 6.45) is 0.0541. The number of aliphatic carboxylic acids is 1. The third-order valence-corrected chi connectivity index (χ3v) is 5.35. The van der Waals surface area contributed by atoms with Gasteiger partial charge in [0.2, 0.25) is 0 Å². The van der Waals surface area contributed by atoms with Gasteiger partial charge in [0.1, 0.15) is 23.4 Å². The van der Waals surface area contributed by atoms with Crippen LogP contribution in [0, 0.1) is 5.41 Å². The number of carbonyl (C=O) groups is 2. The molecule has 0 aliphatic carbocycles. The molecule has 0 saturated carbocycles. The molecule has 162 valence electrons. The van der Waals surface area contributed by atoms with Crippen LogP contribution in [0.25, 0.3) is 10.8 Å². The number of hydrogen-bond acceptors (Lipinski definition) is 5. The third-order valence-electron chi connectivity index (χ3n) is 5.35. The first kappa shape index (κ1) is 22.2. The lowest BCUT2D eigenvalue weighted by Crippen LogP contribution is -2.28. The number of carboxylic acids is 1. The number of fused-ring (bicyclic) bond motifs is 1. The van der Waals surface area contributed by atoms with Crippen LogP contribution in [-0.4, -0.2) is 33.2 Å². The highest BCUT2D eigenvalue weighted by Crippen LogP contribution is 2.31. The van der Waals surface area contributed by atoms with Crippen molar-refractivity contribution in [3.05, 3.63) is 66.2 Å². The number of carbonyl (C=O) groups excluding carboxylic acids is 1. The first-order valence-corrected chi connectivity index (χ1v) is 10.1. The summed E-state index contributed by atoms with van der Waals surface area (Å²) < 4.78 is 6.22. The average Bonchev–Trinajstić information content (AvgIpc) is 2.71. The van der Waals surface area contributed by atoms with E-state index in [9.17, 15) is 24.9 Å². The molecule has 0 spiro atoms. The second-order valence-electron chi connectivity index (χ2n) is 8.31. The lowest BCUT2D eigenvalue weighted by Gasteiger charge is -2.24. The van der Waals surface area contributed by atoms with Gasteiger partial charge in [-0.05, 0) is 50.3 Å². The number of benzene rings is 3. The van der Waals surface area contributed by atoms with Crippen molar-refractivity contribution < 1.29 is 29.6 Å². The van der Waals surface area contributed by atoms with Gasteiger partial charge >= 0.3 is 5.97 Å². The fraction of sp³-hybridized carbons (Fsp3) is 0.280. The maximum absolute atomic E-state index is 12.9. The molecule has 0 aliphatic heterocycles. The number of Topliss-reactive ketones (excluding diaryl/α,β-unsaturated/α-hetero) is 1. The number of ketones is 1. The molecule has 6 nitrogen and oxygen atoms in total. The molecule has 3 aromatic carbocycles. The Hall–Kier alpha value is -3.54. The molecular weight excluding hydrogens is 396 g/mol. The van der Waals surface area contributed by atoms with Crippen LogP contribution < -0.4 is 4.74 Å². The number of phenolic OH excluding ortho intramolecular Hbond substituents is 2. The molecular formula is C25H26O6. The van der Waals surface area contributed by atoms with E-state index in [1.165, 1.54) is 12.1 Å². The molecule has 1 atom stereocenters. The SMILES string of the molecule is CC(C)(CCC(CC(=O)c1cc(O)cc(O)c1)Oc1cccc2ccccc12)C(=O)O. The summed E-state index contributed by atoms with van der Waals surface area (Å²) in [5.41, 5.74) is -0.798. The summed E-state index contributed by atoms with van der Waals surface area (Å²) in [6, 6.07) is 17.1. The Kier molecular flexibility index (Phi) is 6.49. The average molecular weight is 422 g/mol. The van der Waals surface area contributed by atoms with Crippen molar-refractivity contribution in [2.75, 3.05) is 0 Å². The zero-order valence-corrected chi connectivity index (χ0v) is 17.5. The molecule has 0 radical (unpaired) electrons. The van der Waals surface area contributed by atoms with Crippen molar-refractivity contribution in [3.63, 3.8) is 0 Å². The van der Waals surface area contributed by atoms with E-state index in [0.717, 1.165) is 16.8 Å². The fourth-order valence-corrected chi connectivity index (χ4v) is 3.39. The van der Waals surface area contributed by atoms with Crippen LogP contribution >= 0.6 is 0 Å². The van der Waals surface area contributed by atoms with Crippen LogP contribution in [-0.2, 0) is 4.79 Å². The fourth-order valence-electron chi connectivity index (χ4n) is 3.39. The highest BCUT2D eigenvalue weighted by atomic mass is 16.5. The zero-order valence-electron chi connectivity index (χ0n) is 17.5. The van der Waals surface area contributed by atoms with Gasteiger partial charge in [-0.1, -0.05) is 36.4 Å². The Labute approximate surface area is 180 Å². The predicted molar refractivity (Wildman–Crippen MR) is 118 cm³/mol. The Bertz CT molecular complexity index is 1080. The Morgan fingerprint density at radius 3 is 2.29 bits per heavy atom. The number of hydrogen-bond donors (Lipinski definition) is 3. The second-order valence-corrected chi connectivity index (χ2v) is 8.31. The maximum Gasteiger partial charge on any atom is 0.309 e. The molecule has 6 heteroatoms. The maximum atomic E-state index is 12.9. The molecule has 3 aromatic rings. The summed E-state index contributed by atoms with van der Waals surface area (Å²) in [7, 11) is 0. The quantitative estimate of drug-likeness (QED) is 0.411. The number of phenols is 2. The van der Waals surface area contributed by atoms with E-state index in [4.69, 9.17) is 4.74 Å². The third kappa shape index (κ3) is 5.54. The summed E-state index contributed by atoms with van der Waals surface area (Å²) >= 11 is 0. The number of aromatic hydroxyl groups is 2. The molecule has 0 heterocycles. The standard InChI is InChI=1S/C25H26O6/c1-25(2,24(29)30)11-10-20(15-22(28)17-12-18(26)14-19(27)13-17)31-23-9-5-7-16-6-3-4-8-21(16)23/h3-9,12-14,20,26-27H,10-11,15H2,1-2H3,(H,29,30). The van der Waals surface area contributed by atoms with Gasteiger partial charge in [-0.3, -0.25) is 9.59 Å². The van der Waals surface area contributed by atoms with Crippen LogP contribution in [0.1, 0.15) is 43.5 Å². The largest absolute Gasteiger partial charge is 0.508 e. The van der Waals surface area contributed by atoms with Crippen molar-refractivity contribution in [1.29, 1.82) is 0 Å². The lowest BCUT2D eigenvalue weighted by molar-refractivity contribution is -0.147. The summed E-state index contributed by atoms with van der Waals surface area (Å²) in [6.45, 7) is 3.28. The smallest absolute Gasteiger partial charge is 0.309 e. The minimum atomic E-state index is -0.966. The first-order chi connectivity index (χ1) is 14.7. The van der Waals surface area contributed by atoms with Gasteiger partial charge in [0, 0.05) is 23.4 Å². The number of ether oxygens (including phenoxy) is 1. The minimum Gasteiger partial charge on any atom is -0.508 e. The van der Waals surface area contributed by atoms with Gasteiger partial charge in [0.05, 0.1) is 5.41 Å². The van der Waals surface area contributed by atoms with Gasteiger partial charge in [-0.25, -0.2) is 0 Å². The zero-order chi connectivity index (χ0) is 22.6. The van der Waals surface area contributed by atoms with Crippen LogP contribution in [0.4, 0.5) is 0 Å². The van der Waals surface area contributed by atoms with E-state index in [0.29, 0.717) is 18.6 Å². The lowest BCUT2D eigenvalue weighted by atomic mass is 9.86.